The van der Waals surface area contributed by atoms with Crippen molar-refractivity contribution in [1.82, 2.24) is 20.9 Å². The maximum atomic E-state index is 11.9. The summed E-state index contributed by atoms with van der Waals surface area (Å²) in [6, 6.07) is 10.7. The van der Waals surface area contributed by atoms with Crippen LogP contribution in [0.2, 0.25) is 0 Å². The molecule has 0 bridgehead atoms. The predicted molar refractivity (Wildman–Crippen MR) is 113 cm³/mol. The van der Waals surface area contributed by atoms with Gasteiger partial charge in [0.15, 0.2) is 5.96 Å². The second-order valence-electron chi connectivity index (χ2n) is 7.51. The minimum atomic E-state index is -0.0880. The van der Waals surface area contributed by atoms with Crippen LogP contribution in [0.3, 0.4) is 0 Å². The van der Waals surface area contributed by atoms with Gasteiger partial charge in [-0.2, -0.15) is 0 Å². The van der Waals surface area contributed by atoms with E-state index in [0.717, 1.165) is 39.1 Å². The highest BCUT2D eigenvalue weighted by molar-refractivity contribution is 5.84. The second kappa shape index (κ2) is 11.0. The fourth-order valence-electron chi connectivity index (χ4n) is 3.30. The van der Waals surface area contributed by atoms with E-state index in [9.17, 15) is 4.79 Å². The molecule has 1 saturated heterocycles. The molecule has 1 aromatic carbocycles. The van der Waals surface area contributed by atoms with Crippen molar-refractivity contribution in [2.45, 2.75) is 38.3 Å². The first-order valence-corrected chi connectivity index (χ1v) is 10.1. The number of hydrogen-bond donors (Lipinski definition) is 3. The Balaban J connectivity index is 2.05. The quantitative estimate of drug-likeness (QED) is 0.464. The summed E-state index contributed by atoms with van der Waals surface area (Å²) in [5.74, 6) is 0.645. The van der Waals surface area contributed by atoms with Gasteiger partial charge in [-0.1, -0.05) is 30.3 Å². The number of aliphatic imine (C=N–C) groups is 1. The standard InChI is InChI=1S/C21H35N5O2/c1-5-22-20(23-15-19(27)26(3)4)24-16-21(11-13-28-14-12-21)25-17(2)18-9-7-6-8-10-18/h6-10,17,25H,5,11-16H2,1-4H3,(H2,22,23,24). The van der Waals surface area contributed by atoms with Crippen LogP contribution in [0.15, 0.2) is 35.3 Å². The van der Waals surface area contributed by atoms with Crippen molar-refractivity contribution in [3.05, 3.63) is 35.9 Å². The summed E-state index contributed by atoms with van der Waals surface area (Å²) >= 11 is 0. The van der Waals surface area contributed by atoms with Crippen LogP contribution >= 0.6 is 0 Å². The van der Waals surface area contributed by atoms with Crippen molar-refractivity contribution >= 4 is 11.9 Å². The van der Waals surface area contributed by atoms with Gasteiger partial charge in [0.2, 0.25) is 5.91 Å². The molecular weight excluding hydrogens is 354 g/mol. The molecule has 0 spiro atoms. The Kier molecular flexibility index (Phi) is 8.73. The Morgan fingerprint density at radius 1 is 1.21 bits per heavy atom. The Morgan fingerprint density at radius 3 is 2.50 bits per heavy atom. The van der Waals surface area contributed by atoms with Gasteiger partial charge in [0.05, 0.1) is 0 Å². The van der Waals surface area contributed by atoms with E-state index in [0.29, 0.717) is 5.96 Å². The number of likely N-dealkylation sites (N-methyl/N-ethyl adjacent to an activating group) is 1. The Labute approximate surface area is 168 Å². The van der Waals surface area contributed by atoms with Gasteiger partial charge in [0.1, 0.15) is 6.54 Å². The molecule has 0 aromatic heterocycles. The molecule has 1 aromatic rings. The number of amides is 1. The first-order chi connectivity index (χ1) is 13.5. The summed E-state index contributed by atoms with van der Waals surface area (Å²) in [6.07, 6.45) is 1.85. The lowest BCUT2D eigenvalue weighted by Crippen LogP contribution is -2.58. The monoisotopic (exact) mass is 389 g/mol. The number of nitrogens with one attached hydrogen (secondary N) is 3. The summed E-state index contributed by atoms with van der Waals surface area (Å²) in [6.45, 7) is 7.28. The number of carbonyl (C=O) groups excluding carboxylic acids is 1. The van der Waals surface area contributed by atoms with E-state index >= 15 is 0 Å². The largest absolute Gasteiger partial charge is 0.381 e. The Hall–Kier alpha value is -2.12. The highest BCUT2D eigenvalue weighted by atomic mass is 16.5. The van der Waals surface area contributed by atoms with Crippen molar-refractivity contribution in [3.8, 4) is 0 Å². The van der Waals surface area contributed by atoms with Gasteiger partial charge in [-0.15, -0.1) is 0 Å². The summed E-state index contributed by atoms with van der Waals surface area (Å²) in [5, 5.41) is 10.5. The van der Waals surface area contributed by atoms with Gasteiger partial charge >= 0.3 is 0 Å². The van der Waals surface area contributed by atoms with Gasteiger partial charge in [-0.05, 0) is 32.3 Å². The highest BCUT2D eigenvalue weighted by Gasteiger charge is 2.34. The maximum Gasteiger partial charge on any atom is 0.243 e. The lowest BCUT2D eigenvalue weighted by atomic mass is 9.88. The number of nitrogens with zero attached hydrogens (tertiary/aromatic N) is 2. The summed E-state index contributed by atoms with van der Waals surface area (Å²) in [5.41, 5.74) is 1.18. The molecule has 1 amide bonds. The van der Waals surface area contributed by atoms with Crippen LogP contribution in [-0.4, -0.2) is 69.2 Å². The van der Waals surface area contributed by atoms with E-state index in [2.05, 4.69) is 52.1 Å². The van der Waals surface area contributed by atoms with Gasteiger partial charge in [0, 0.05) is 52.0 Å². The Bertz CT molecular complexity index is 627. The average Bonchev–Trinajstić information content (AvgIpc) is 2.71. The van der Waals surface area contributed by atoms with Gasteiger partial charge < -0.3 is 25.6 Å². The van der Waals surface area contributed by atoms with Gasteiger partial charge in [0.25, 0.3) is 0 Å². The molecule has 2 rings (SSSR count). The van der Waals surface area contributed by atoms with Crippen molar-refractivity contribution in [2.75, 3.05) is 46.9 Å². The second-order valence-corrected chi connectivity index (χ2v) is 7.51. The van der Waals surface area contributed by atoms with E-state index in [1.807, 2.05) is 13.0 Å². The molecule has 1 aliphatic heterocycles. The molecule has 0 radical (unpaired) electrons. The smallest absolute Gasteiger partial charge is 0.243 e. The van der Waals surface area contributed by atoms with Crippen molar-refractivity contribution in [1.29, 1.82) is 0 Å². The highest BCUT2D eigenvalue weighted by Crippen LogP contribution is 2.25. The molecule has 28 heavy (non-hydrogen) atoms. The lowest BCUT2D eigenvalue weighted by molar-refractivity contribution is -0.127. The first kappa shape index (κ1) is 22.2. The van der Waals surface area contributed by atoms with Crippen molar-refractivity contribution < 1.29 is 9.53 Å². The third-order valence-corrected chi connectivity index (χ3v) is 5.08. The molecule has 1 atom stereocenters. The van der Waals surface area contributed by atoms with E-state index in [4.69, 9.17) is 4.74 Å². The van der Waals surface area contributed by atoms with Crippen LogP contribution in [0.1, 0.15) is 38.3 Å². The molecule has 1 heterocycles. The average molecular weight is 390 g/mol. The third-order valence-electron chi connectivity index (χ3n) is 5.08. The zero-order valence-electron chi connectivity index (χ0n) is 17.6. The molecule has 7 heteroatoms. The van der Waals surface area contributed by atoms with Crippen LogP contribution in [0.5, 0.6) is 0 Å². The molecule has 3 N–H and O–H groups in total. The molecule has 0 aliphatic carbocycles. The number of rotatable bonds is 8. The summed E-state index contributed by atoms with van der Waals surface area (Å²) in [7, 11) is 3.48. The zero-order valence-corrected chi connectivity index (χ0v) is 17.6. The van der Waals surface area contributed by atoms with Crippen LogP contribution in [-0.2, 0) is 9.53 Å². The normalized spacial score (nSPS) is 17.6. The van der Waals surface area contributed by atoms with Crippen LogP contribution in [0.4, 0.5) is 0 Å². The van der Waals surface area contributed by atoms with E-state index in [1.165, 1.54) is 5.56 Å². The van der Waals surface area contributed by atoms with Crippen LogP contribution < -0.4 is 16.0 Å². The molecular formula is C21H35N5O2. The summed E-state index contributed by atoms with van der Waals surface area (Å²) < 4.78 is 5.61. The number of hydrogen-bond acceptors (Lipinski definition) is 4. The topological polar surface area (TPSA) is 78.0 Å². The first-order valence-electron chi connectivity index (χ1n) is 10.1. The van der Waals surface area contributed by atoms with Crippen LogP contribution in [0, 0.1) is 0 Å². The fourth-order valence-corrected chi connectivity index (χ4v) is 3.30. The fraction of sp³-hybridized carbons (Fsp3) is 0.619. The SMILES string of the molecule is CCNC(=NCC(=O)N(C)C)NCC1(NC(C)c2ccccc2)CCOCC1. The number of carbonyl (C=O) groups is 1. The van der Waals surface area contributed by atoms with E-state index in [-0.39, 0.29) is 24.0 Å². The third kappa shape index (κ3) is 6.80. The lowest BCUT2D eigenvalue weighted by Gasteiger charge is -2.41. The predicted octanol–water partition coefficient (Wildman–Crippen LogP) is 1.53. The van der Waals surface area contributed by atoms with Gasteiger partial charge in [-0.25, -0.2) is 4.99 Å². The van der Waals surface area contributed by atoms with Crippen molar-refractivity contribution in [3.63, 3.8) is 0 Å². The minimum Gasteiger partial charge on any atom is -0.381 e. The zero-order chi connectivity index (χ0) is 20.4. The van der Waals surface area contributed by atoms with Crippen LogP contribution in [0.25, 0.3) is 0 Å². The maximum absolute atomic E-state index is 11.9. The number of benzene rings is 1. The van der Waals surface area contributed by atoms with Crippen molar-refractivity contribution in [2.24, 2.45) is 4.99 Å². The number of ether oxygens (including phenoxy) is 1. The Morgan fingerprint density at radius 2 is 1.89 bits per heavy atom. The molecule has 1 unspecified atom stereocenters. The molecule has 156 valence electrons. The molecule has 0 saturated carbocycles. The molecule has 1 aliphatic rings. The summed E-state index contributed by atoms with van der Waals surface area (Å²) in [4.78, 5) is 17.8. The van der Waals surface area contributed by atoms with E-state index in [1.54, 1.807) is 19.0 Å². The van der Waals surface area contributed by atoms with E-state index < -0.39 is 0 Å². The van der Waals surface area contributed by atoms with Gasteiger partial charge in [-0.3, -0.25) is 4.79 Å². The molecule has 7 nitrogen and oxygen atoms in total. The number of guanidine groups is 1. The molecule has 1 fully saturated rings. The minimum absolute atomic E-state index is 0.0196.